The van der Waals surface area contributed by atoms with E-state index >= 15 is 0 Å². The van der Waals surface area contributed by atoms with Crippen molar-refractivity contribution in [3.63, 3.8) is 0 Å². The fourth-order valence-corrected chi connectivity index (χ4v) is 3.48. The summed E-state index contributed by atoms with van der Waals surface area (Å²) in [4.78, 5) is 13.1. The Balaban J connectivity index is 0.000000168. The second-order valence-corrected chi connectivity index (χ2v) is 8.85. The smallest absolute Gasteiger partial charge is 0.0633 e. The van der Waals surface area contributed by atoms with Crippen LogP contribution in [0.5, 0.6) is 0 Å². The molecule has 3 nitrogen and oxygen atoms in total. The van der Waals surface area contributed by atoms with Crippen LogP contribution in [0.1, 0.15) is 37.0 Å². The van der Waals surface area contributed by atoms with Crippen LogP contribution in [0.25, 0.3) is 0 Å². The first-order valence-corrected chi connectivity index (χ1v) is 13.6. The van der Waals surface area contributed by atoms with Crippen LogP contribution in [0, 0.1) is 0 Å². The average Bonchev–Trinajstić information content (AvgIpc) is 3.03. The first-order valence-electron chi connectivity index (χ1n) is 13.6. The molecule has 0 saturated heterocycles. The maximum atomic E-state index is 4.55. The minimum Gasteiger partial charge on any atom is -0.293 e. The third-order valence-electron chi connectivity index (χ3n) is 5.56. The summed E-state index contributed by atoms with van der Waals surface area (Å²) in [5.74, 6) is 0. The highest BCUT2D eigenvalue weighted by molar-refractivity contribution is 6.00. The molecule has 0 fully saturated rings. The molecule has 0 atom stereocenters. The van der Waals surface area contributed by atoms with Gasteiger partial charge in [-0.1, -0.05) is 134 Å². The van der Waals surface area contributed by atoms with Gasteiger partial charge in [0.2, 0.25) is 0 Å². The quantitative estimate of drug-likeness (QED) is 0.190. The molecule has 0 N–H and O–H groups in total. The van der Waals surface area contributed by atoms with E-state index in [2.05, 4.69) is 46.2 Å². The summed E-state index contributed by atoms with van der Waals surface area (Å²) in [6, 6.07) is 50.4. The van der Waals surface area contributed by atoms with Crippen LogP contribution in [-0.2, 0) is 0 Å². The molecule has 0 aromatic heterocycles. The summed E-state index contributed by atoms with van der Waals surface area (Å²) in [5.41, 5.74) is 6.50. The van der Waals surface area contributed by atoms with Crippen molar-refractivity contribution in [2.45, 2.75) is 20.3 Å². The minimum atomic E-state index is 0.925. The zero-order valence-corrected chi connectivity index (χ0v) is 23.3. The first kappa shape index (κ1) is 29.7. The Kier molecular flexibility index (Phi) is 13.6. The molecule has 0 aliphatic heterocycles. The second kappa shape index (κ2) is 18.4. The Morgan fingerprint density at radius 3 is 1.45 bits per heavy atom. The highest BCUT2D eigenvalue weighted by Crippen LogP contribution is 2.13. The number of benzene rings is 5. The number of rotatable bonds is 7. The molecule has 5 aromatic rings. The van der Waals surface area contributed by atoms with Crippen LogP contribution in [0.2, 0.25) is 0 Å². The lowest BCUT2D eigenvalue weighted by atomic mass is 10.1. The largest absolute Gasteiger partial charge is 0.293 e. The van der Waals surface area contributed by atoms with Crippen molar-refractivity contribution in [1.82, 2.24) is 0 Å². The van der Waals surface area contributed by atoms with Crippen LogP contribution < -0.4 is 0 Å². The van der Waals surface area contributed by atoms with E-state index in [4.69, 9.17) is 0 Å². The van der Waals surface area contributed by atoms with Crippen molar-refractivity contribution in [2.24, 2.45) is 15.0 Å². The van der Waals surface area contributed by atoms with E-state index in [1.54, 1.807) is 0 Å². The molecule has 0 bridgehead atoms. The van der Waals surface area contributed by atoms with Crippen molar-refractivity contribution in [1.29, 1.82) is 0 Å². The average molecular weight is 524 g/mol. The maximum absolute atomic E-state index is 4.55. The van der Waals surface area contributed by atoms with Crippen LogP contribution in [-0.4, -0.2) is 24.7 Å². The van der Waals surface area contributed by atoms with Gasteiger partial charge in [-0.05, 0) is 54.3 Å². The molecule has 0 heterocycles. The molecular formula is C37H37N3. The van der Waals surface area contributed by atoms with Gasteiger partial charge in [-0.15, -0.1) is 0 Å². The summed E-state index contributed by atoms with van der Waals surface area (Å²) < 4.78 is 0. The predicted molar refractivity (Wildman–Crippen MR) is 174 cm³/mol. The van der Waals surface area contributed by atoms with E-state index in [1.807, 2.05) is 147 Å². The lowest BCUT2D eigenvalue weighted by Crippen LogP contribution is -1.92. The first-order chi connectivity index (χ1) is 19.7. The van der Waals surface area contributed by atoms with Gasteiger partial charge in [0.25, 0.3) is 0 Å². The van der Waals surface area contributed by atoms with Gasteiger partial charge in [0.05, 0.1) is 11.4 Å². The molecule has 200 valence electrons. The van der Waals surface area contributed by atoms with E-state index in [0.717, 1.165) is 35.6 Å². The molecule has 0 unspecified atom stereocenters. The highest BCUT2D eigenvalue weighted by atomic mass is 14.7. The van der Waals surface area contributed by atoms with Gasteiger partial charge < -0.3 is 0 Å². The molecule has 0 saturated carbocycles. The monoisotopic (exact) mass is 523 g/mol. The van der Waals surface area contributed by atoms with Gasteiger partial charge in [0.15, 0.2) is 0 Å². The standard InChI is InChI=1S/C14H13N.C13H11N.C10H13N/c1-12(13-8-4-2-5-9-13)15-14-10-6-3-7-11-14;1-3-7-12(8-4-1)11-14-13-9-5-2-6-10-13;1-2-8-11-9-10-6-4-3-5-7-10/h2-11H,1H3;1-11H;3-7,9H,2,8H2,1H3. The Morgan fingerprint density at radius 2 is 0.950 bits per heavy atom. The van der Waals surface area contributed by atoms with Crippen molar-refractivity contribution in [3.05, 3.63) is 168 Å². The third kappa shape index (κ3) is 12.1. The van der Waals surface area contributed by atoms with E-state index in [-0.39, 0.29) is 0 Å². The number of para-hydroxylation sites is 2. The summed E-state index contributed by atoms with van der Waals surface area (Å²) in [6.45, 7) is 5.08. The van der Waals surface area contributed by atoms with E-state index in [1.165, 1.54) is 11.1 Å². The van der Waals surface area contributed by atoms with Crippen LogP contribution in [0.15, 0.2) is 167 Å². The number of nitrogens with zero attached hydrogens (tertiary/aromatic N) is 3. The molecule has 0 radical (unpaired) electrons. The van der Waals surface area contributed by atoms with Gasteiger partial charge in [-0.25, -0.2) is 0 Å². The normalized spacial score (nSPS) is 10.9. The molecular weight excluding hydrogens is 486 g/mol. The molecule has 5 rings (SSSR count). The Hall–Kier alpha value is -4.89. The highest BCUT2D eigenvalue weighted by Gasteiger charge is 1.95. The van der Waals surface area contributed by atoms with Gasteiger partial charge in [0.1, 0.15) is 0 Å². The van der Waals surface area contributed by atoms with Crippen molar-refractivity contribution in [2.75, 3.05) is 6.54 Å². The second-order valence-electron chi connectivity index (χ2n) is 8.85. The summed E-state index contributed by atoms with van der Waals surface area (Å²) in [7, 11) is 0. The topological polar surface area (TPSA) is 37.1 Å². The van der Waals surface area contributed by atoms with Crippen molar-refractivity contribution < 1.29 is 0 Å². The zero-order chi connectivity index (χ0) is 28.1. The maximum Gasteiger partial charge on any atom is 0.0633 e. The van der Waals surface area contributed by atoms with Crippen molar-refractivity contribution in [3.8, 4) is 0 Å². The minimum absolute atomic E-state index is 0.925. The molecule has 3 heteroatoms. The fraction of sp³-hybridized carbons (Fsp3) is 0.108. The number of hydrogen-bond acceptors (Lipinski definition) is 3. The Morgan fingerprint density at radius 1 is 0.525 bits per heavy atom. The van der Waals surface area contributed by atoms with Crippen molar-refractivity contribution >= 4 is 29.5 Å². The number of aliphatic imine (C=N–C) groups is 3. The zero-order valence-electron chi connectivity index (χ0n) is 23.3. The van der Waals surface area contributed by atoms with E-state index in [9.17, 15) is 0 Å². The summed E-state index contributed by atoms with van der Waals surface area (Å²) in [6.07, 6.45) is 4.90. The third-order valence-corrected chi connectivity index (χ3v) is 5.56. The van der Waals surface area contributed by atoms with E-state index < -0.39 is 0 Å². The lowest BCUT2D eigenvalue weighted by Gasteiger charge is -2.00. The fourth-order valence-electron chi connectivity index (χ4n) is 3.48. The molecule has 0 amide bonds. The van der Waals surface area contributed by atoms with Gasteiger partial charge >= 0.3 is 0 Å². The van der Waals surface area contributed by atoms with Crippen LogP contribution in [0.3, 0.4) is 0 Å². The Labute approximate surface area is 239 Å². The van der Waals surface area contributed by atoms with E-state index in [0.29, 0.717) is 0 Å². The molecule has 40 heavy (non-hydrogen) atoms. The summed E-state index contributed by atoms with van der Waals surface area (Å²) >= 11 is 0. The molecule has 0 aliphatic rings. The number of hydrogen-bond donors (Lipinski definition) is 0. The lowest BCUT2D eigenvalue weighted by molar-refractivity contribution is 0.937. The van der Waals surface area contributed by atoms with Crippen LogP contribution >= 0.6 is 0 Å². The SMILES string of the molecule is C(=Nc1ccccc1)c1ccccc1.CC(=Nc1ccccc1)c1ccccc1.CCCN=Cc1ccccc1. The molecule has 0 aliphatic carbocycles. The summed E-state index contributed by atoms with van der Waals surface area (Å²) in [5, 5.41) is 0. The van der Waals surface area contributed by atoms with Gasteiger partial charge in [-0.3, -0.25) is 15.0 Å². The predicted octanol–water partition coefficient (Wildman–Crippen LogP) is 9.78. The molecule has 5 aromatic carbocycles. The van der Waals surface area contributed by atoms with Gasteiger partial charge in [-0.2, -0.15) is 0 Å². The van der Waals surface area contributed by atoms with Gasteiger partial charge in [0, 0.05) is 24.7 Å². The Bertz CT molecular complexity index is 1370. The van der Waals surface area contributed by atoms with Crippen LogP contribution in [0.4, 0.5) is 11.4 Å². The molecule has 0 spiro atoms.